The van der Waals surface area contributed by atoms with Crippen molar-refractivity contribution in [2.75, 3.05) is 0 Å². The van der Waals surface area contributed by atoms with Gasteiger partial charge in [-0.05, 0) is 74.1 Å². The van der Waals surface area contributed by atoms with Crippen molar-refractivity contribution in [3.63, 3.8) is 0 Å². The zero-order valence-electron chi connectivity index (χ0n) is 15.8. The molecule has 1 N–H and O–H groups in total. The molecule has 5 heteroatoms. The van der Waals surface area contributed by atoms with Gasteiger partial charge in [-0.2, -0.15) is 4.39 Å². The molecule has 2 aromatic heterocycles. The highest BCUT2D eigenvalue weighted by Gasteiger charge is 2.27. The Morgan fingerprint density at radius 1 is 1.15 bits per heavy atom. The van der Waals surface area contributed by atoms with E-state index in [2.05, 4.69) is 16.9 Å². The Morgan fingerprint density at radius 2 is 1.89 bits per heavy atom. The predicted octanol–water partition coefficient (Wildman–Crippen LogP) is 5.61. The number of hydrogen-bond donors (Lipinski definition) is 1. The molecule has 27 heavy (non-hydrogen) atoms. The molecule has 2 aromatic rings. The summed E-state index contributed by atoms with van der Waals surface area (Å²) in [6.07, 6.45) is 8.64. The average Bonchev–Trinajstić information content (AvgIpc) is 3.33. The van der Waals surface area contributed by atoms with Gasteiger partial charge < -0.3 is 9.72 Å². The zero-order chi connectivity index (χ0) is 18.8. The van der Waals surface area contributed by atoms with Crippen LogP contribution in [0.25, 0.3) is 11.4 Å². The van der Waals surface area contributed by atoms with E-state index in [1.165, 1.54) is 18.9 Å². The Labute approximate surface area is 159 Å². The van der Waals surface area contributed by atoms with Gasteiger partial charge in [0.25, 0.3) is 0 Å². The highest BCUT2D eigenvalue weighted by molar-refractivity contribution is 5.89. The second-order valence-corrected chi connectivity index (χ2v) is 8.13. The van der Waals surface area contributed by atoms with E-state index < -0.39 is 5.95 Å². The van der Waals surface area contributed by atoms with Crippen LogP contribution in [0.15, 0.2) is 24.3 Å². The van der Waals surface area contributed by atoms with Crippen LogP contribution in [0.5, 0.6) is 0 Å². The van der Waals surface area contributed by atoms with Crippen molar-refractivity contribution in [1.29, 1.82) is 0 Å². The first-order valence-corrected chi connectivity index (χ1v) is 10.2. The molecule has 0 spiro atoms. The minimum absolute atomic E-state index is 0.00248. The molecule has 2 fully saturated rings. The normalized spacial score (nSPS) is 23.5. The Bertz CT molecular complexity index is 802. The molecule has 0 bridgehead atoms. The Morgan fingerprint density at radius 3 is 2.59 bits per heavy atom. The van der Waals surface area contributed by atoms with Crippen LogP contribution in [0, 0.1) is 11.9 Å². The molecule has 4 rings (SSSR count). The maximum Gasteiger partial charge on any atom is 0.355 e. The van der Waals surface area contributed by atoms with E-state index in [0.29, 0.717) is 23.2 Å². The van der Waals surface area contributed by atoms with Crippen molar-refractivity contribution in [3.05, 3.63) is 41.5 Å². The number of pyridine rings is 1. The summed E-state index contributed by atoms with van der Waals surface area (Å²) in [5, 5.41) is 0. The van der Waals surface area contributed by atoms with Crippen molar-refractivity contribution in [2.24, 2.45) is 5.92 Å². The number of halogens is 1. The lowest BCUT2D eigenvalue weighted by Crippen LogP contribution is -2.23. The molecule has 4 nitrogen and oxygen atoms in total. The monoisotopic (exact) mass is 370 g/mol. The molecular formula is C22H27FN2O2. The number of rotatable bonds is 4. The fraction of sp³-hybridized carbons (Fsp3) is 0.545. The summed E-state index contributed by atoms with van der Waals surface area (Å²) in [6, 6.07) is 6.68. The summed E-state index contributed by atoms with van der Waals surface area (Å²) in [4.78, 5) is 19.9. The minimum Gasteiger partial charge on any atom is -0.458 e. The van der Waals surface area contributed by atoms with Gasteiger partial charge in [0.15, 0.2) is 0 Å². The van der Waals surface area contributed by atoms with Crippen molar-refractivity contribution >= 4 is 5.97 Å². The molecule has 0 aromatic carbocycles. The fourth-order valence-corrected chi connectivity index (χ4v) is 4.46. The van der Waals surface area contributed by atoms with Crippen LogP contribution in [0.3, 0.4) is 0 Å². The molecule has 0 aliphatic heterocycles. The van der Waals surface area contributed by atoms with E-state index in [0.717, 1.165) is 49.8 Å². The lowest BCUT2D eigenvalue weighted by atomic mass is 9.89. The predicted molar refractivity (Wildman–Crippen MR) is 102 cm³/mol. The van der Waals surface area contributed by atoms with E-state index in [-0.39, 0.29) is 12.1 Å². The molecule has 0 radical (unpaired) electrons. The van der Waals surface area contributed by atoms with Crippen molar-refractivity contribution in [1.82, 2.24) is 9.97 Å². The van der Waals surface area contributed by atoms with Gasteiger partial charge in [-0.3, -0.25) is 0 Å². The molecule has 2 saturated carbocycles. The van der Waals surface area contributed by atoms with E-state index >= 15 is 0 Å². The smallest absolute Gasteiger partial charge is 0.355 e. The van der Waals surface area contributed by atoms with Gasteiger partial charge in [-0.15, -0.1) is 0 Å². The van der Waals surface area contributed by atoms with Gasteiger partial charge in [0.05, 0.1) is 11.4 Å². The van der Waals surface area contributed by atoms with E-state index in [9.17, 15) is 9.18 Å². The van der Waals surface area contributed by atoms with Gasteiger partial charge in [0.1, 0.15) is 11.8 Å². The average molecular weight is 370 g/mol. The van der Waals surface area contributed by atoms with E-state index in [1.807, 2.05) is 6.07 Å². The molecule has 0 unspecified atom stereocenters. The third-order valence-corrected chi connectivity index (χ3v) is 6.07. The second kappa shape index (κ2) is 7.83. The number of ether oxygens (including phenoxy) is 1. The first kappa shape index (κ1) is 18.2. The van der Waals surface area contributed by atoms with Crippen LogP contribution in [0.1, 0.15) is 80.3 Å². The topological polar surface area (TPSA) is 55.0 Å². The SMILES string of the molecule is CC1CCC(OC(=O)c2cc(C3CCCC3)c(-c3cccc(F)n3)[nH]2)CC1. The molecule has 0 amide bonds. The largest absolute Gasteiger partial charge is 0.458 e. The van der Waals surface area contributed by atoms with Gasteiger partial charge >= 0.3 is 5.97 Å². The molecular weight excluding hydrogens is 343 g/mol. The fourth-order valence-electron chi connectivity index (χ4n) is 4.46. The minimum atomic E-state index is -0.514. The highest BCUT2D eigenvalue weighted by Crippen LogP contribution is 2.39. The molecule has 0 atom stereocenters. The number of aromatic nitrogens is 2. The standard InChI is InChI=1S/C22H27FN2O2/c1-14-9-11-16(12-10-14)27-22(26)19-13-17(15-5-2-3-6-15)21(25-19)18-7-4-8-20(23)24-18/h4,7-8,13-16,25H,2-3,5-6,9-12H2,1H3. The number of aromatic amines is 1. The molecule has 2 aliphatic carbocycles. The number of carbonyl (C=O) groups is 1. The summed E-state index contributed by atoms with van der Waals surface area (Å²) < 4.78 is 19.4. The molecule has 2 aliphatic rings. The van der Waals surface area contributed by atoms with Gasteiger partial charge in [0.2, 0.25) is 5.95 Å². The highest BCUT2D eigenvalue weighted by atomic mass is 19.1. The second-order valence-electron chi connectivity index (χ2n) is 8.13. The third kappa shape index (κ3) is 4.07. The van der Waals surface area contributed by atoms with Crippen LogP contribution < -0.4 is 0 Å². The number of H-pyrrole nitrogens is 1. The number of esters is 1. The van der Waals surface area contributed by atoms with Crippen LogP contribution in [-0.4, -0.2) is 22.0 Å². The summed E-state index contributed by atoms with van der Waals surface area (Å²) in [5.41, 5.74) is 2.82. The van der Waals surface area contributed by atoms with Crippen molar-refractivity contribution in [3.8, 4) is 11.4 Å². The Balaban J connectivity index is 1.59. The molecule has 0 saturated heterocycles. The maximum absolute atomic E-state index is 13.7. The van der Waals surface area contributed by atoms with E-state index in [1.54, 1.807) is 12.1 Å². The van der Waals surface area contributed by atoms with Crippen molar-refractivity contribution in [2.45, 2.75) is 70.3 Å². The van der Waals surface area contributed by atoms with Gasteiger partial charge in [0, 0.05) is 0 Å². The maximum atomic E-state index is 13.7. The van der Waals surface area contributed by atoms with Crippen LogP contribution in [-0.2, 0) is 4.74 Å². The number of hydrogen-bond acceptors (Lipinski definition) is 3. The van der Waals surface area contributed by atoms with Crippen LogP contribution in [0.4, 0.5) is 4.39 Å². The Kier molecular flexibility index (Phi) is 5.28. The third-order valence-electron chi connectivity index (χ3n) is 6.07. The van der Waals surface area contributed by atoms with Crippen molar-refractivity contribution < 1.29 is 13.9 Å². The first-order valence-electron chi connectivity index (χ1n) is 10.2. The number of carbonyl (C=O) groups excluding carboxylic acids is 1. The summed E-state index contributed by atoms with van der Waals surface area (Å²) in [6.45, 7) is 2.25. The lowest BCUT2D eigenvalue weighted by Gasteiger charge is -2.25. The van der Waals surface area contributed by atoms with Crippen LogP contribution >= 0.6 is 0 Å². The molecule has 144 valence electrons. The quantitative estimate of drug-likeness (QED) is 0.562. The Hall–Kier alpha value is -2.17. The first-order chi connectivity index (χ1) is 13.1. The molecule has 2 heterocycles. The summed E-state index contributed by atoms with van der Waals surface area (Å²) in [5.74, 6) is 0.278. The summed E-state index contributed by atoms with van der Waals surface area (Å²) >= 11 is 0. The lowest BCUT2D eigenvalue weighted by molar-refractivity contribution is 0.0168. The number of nitrogens with one attached hydrogen (secondary N) is 1. The van der Waals surface area contributed by atoms with E-state index in [4.69, 9.17) is 4.74 Å². The summed E-state index contributed by atoms with van der Waals surface area (Å²) in [7, 11) is 0. The van der Waals surface area contributed by atoms with Gasteiger partial charge in [-0.25, -0.2) is 9.78 Å². The van der Waals surface area contributed by atoms with Crippen LogP contribution in [0.2, 0.25) is 0 Å². The van der Waals surface area contributed by atoms with Gasteiger partial charge in [-0.1, -0.05) is 25.8 Å². The zero-order valence-corrected chi connectivity index (χ0v) is 15.8. The number of nitrogens with zero attached hydrogens (tertiary/aromatic N) is 1.